The van der Waals surface area contributed by atoms with Crippen molar-refractivity contribution in [2.24, 2.45) is 0 Å². The molecule has 0 aromatic carbocycles. The largest absolute Gasteiger partial charge is 0.347 e. The van der Waals surface area contributed by atoms with E-state index < -0.39 is 0 Å². The zero-order chi connectivity index (χ0) is 19.4. The lowest BCUT2D eigenvalue weighted by atomic mass is 10.3. The van der Waals surface area contributed by atoms with E-state index >= 15 is 0 Å². The van der Waals surface area contributed by atoms with E-state index in [9.17, 15) is 9.59 Å². The lowest BCUT2D eigenvalue weighted by Crippen LogP contribution is -2.53. The highest BCUT2D eigenvalue weighted by Crippen LogP contribution is 2.15. The molecule has 3 amide bonds. The Balaban J connectivity index is 1.51. The molecule has 3 heterocycles. The minimum absolute atomic E-state index is 0.0450. The van der Waals surface area contributed by atoms with Gasteiger partial charge in [-0.15, -0.1) is 11.3 Å². The van der Waals surface area contributed by atoms with Gasteiger partial charge < -0.3 is 19.6 Å². The first kappa shape index (κ1) is 19.1. The highest BCUT2D eigenvalue weighted by Gasteiger charge is 2.26. The van der Waals surface area contributed by atoms with Gasteiger partial charge in [0, 0.05) is 65.3 Å². The van der Waals surface area contributed by atoms with E-state index in [0.717, 1.165) is 10.4 Å². The molecule has 144 valence electrons. The fourth-order valence-electron chi connectivity index (χ4n) is 2.90. The van der Waals surface area contributed by atoms with Gasteiger partial charge in [-0.25, -0.2) is 14.8 Å². The normalized spacial score (nSPS) is 14.2. The molecule has 1 aliphatic rings. The standard InChI is InChI=1S/C18H24N6O2S/c1-21(2)17-19-11-14(12-20-17)13-22(3)18(26)24-8-6-23(7-9-24)16(25)15-5-4-10-27-15/h4-5,10-12H,6-9,13H2,1-3H3. The smallest absolute Gasteiger partial charge is 0.320 e. The third-order valence-corrected chi connectivity index (χ3v) is 5.27. The Bertz CT molecular complexity index is 770. The second-order valence-corrected chi connectivity index (χ2v) is 7.63. The Kier molecular flexibility index (Phi) is 5.90. The molecular weight excluding hydrogens is 364 g/mol. The average molecular weight is 388 g/mol. The fourth-order valence-corrected chi connectivity index (χ4v) is 3.59. The van der Waals surface area contributed by atoms with Crippen LogP contribution in [0.4, 0.5) is 10.7 Å². The van der Waals surface area contributed by atoms with Crippen molar-refractivity contribution in [2.45, 2.75) is 6.54 Å². The van der Waals surface area contributed by atoms with E-state index in [-0.39, 0.29) is 11.9 Å². The van der Waals surface area contributed by atoms with E-state index in [4.69, 9.17) is 0 Å². The summed E-state index contributed by atoms with van der Waals surface area (Å²) < 4.78 is 0. The third-order valence-electron chi connectivity index (χ3n) is 4.41. The van der Waals surface area contributed by atoms with Crippen LogP contribution in [0.2, 0.25) is 0 Å². The number of thiophene rings is 1. The Morgan fingerprint density at radius 2 is 1.70 bits per heavy atom. The van der Waals surface area contributed by atoms with Crippen molar-refractivity contribution in [1.82, 2.24) is 24.7 Å². The monoisotopic (exact) mass is 388 g/mol. The number of amides is 3. The second-order valence-electron chi connectivity index (χ2n) is 6.68. The molecule has 0 atom stereocenters. The van der Waals surface area contributed by atoms with E-state index in [0.29, 0.717) is 38.7 Å². The molecular formula is C18H24N6O2S. The first-order valence-electron chi connectivity index (χ1n) is 8.77. The molecule has 2 aromatic heterocycles. The number of anilines is 1. The first-order chi connectivity index (χ1) is 13.0. The Labute approximate surface area is 163 Å². The average Bonchev–Trinajstić information content (AvgIpc) is 3.22. The van der Waals surface area contributed by atoms with Crippen LogP contribution in [-0.2, 0) is 6.54 Å². The van der Waals surface area contributed by atoms with Crippen LogP contribution in [0, 0.1) is 0 Å². The van der Waals surface area contributed by atoms with Crippen molar-refractivity contribution >= 4 is 29.2 Å². The predicted molar refractivity (Wildman–Crippen MR) is 105 cm³/mol. The van der Waals surface area contributed by atoms with Gasteiger partial charge in [0.2, 0.25) is 5.95 Å². The zero-order valence-corrected chi connectivity index (χ0v) is 16.6. The maximum absolute atomic E-state index is 12.7. The van der Waals surface area contributed by atoms with Crippen molar-refractivity contribution in [3.63, 3.8) is 0 Å². The van der Waals surface area contributed by atoms with Crippen molar-refractivity contribution in [3.8, 4) is 0 Å². The molecule has 0 N–H and O–H groups in total. The summed E-state index contributed by atoms with van der Waals surface area (Å²) in [6.07, 6.45) is 3.48. The summed E-state index contributed by atoms with van der Waals surface area (Å²) in [5, 5.41) is 1.90. The van der Waals surface area contributed by atoms with Crippen LogP contribution in [-0.4, -0.2) is 83.9 Å². The lowest BCUT2D eigenvalue weighted by molar-refractivity contribution is 0.0648. The van der Waals surface area contributed by atoms with E-state index in [1.165, 1.54) is 11.3 Å². The Morgan fingerprint density at radius 3 is 2.26 bits per heavy atom. The van der Waals surface area contributed by atoms with Crippen LogP contribution < -0.4 is 4.90 Å². The maximum atomic E-state index is 12.7. The number of carbonyl (C=O) groups is 2. The summed E-state index contributed by atoms with van der Waals surface area (Å²) in [6, 6.07) is 3.67. The summed E-state index contributed by atoms with van der Waals surface area (Å²) in [4.78, 5) is 41.5. The van der Waals surface area contributed by atoms with Gasteiger partial charge in [0.15, 0.2) is 0 Å². The molecule has 3 rings (SSSR count). The number of urea groups is 1. The van der Waals surface area contributed by atoms with Crippen molar-refractivity contribution in [2.75, 3.05) is 52.2 Å². The summed E-state index contributed by atoms with van der Waals surface area (Å²) in [6.45, 7) is 2.63. The summed E-state index contributed by atoms with van der Waals surface area (Å²) in [7, 11) is 5.53. The van der Waals surface area contributed by atoms with Crippen LogP contribution in [0.15, 0.2) is 29.9 Å². The predicted octanol–water partition coefficient (Wildman–Crippen LogP) is 1.61. The molecule has 0 radical (unpaired) electrons. The van der Waals surface area contributed by atoms with Crippen molar-refractivity contribution in [3.05, 3.63) is 40.3 Å². The molecule has 8 nitrogen and oxygen atoms in total. The van der Waals surface area contributed by atoms with Gasteiger partial charge in [-0.05, 0) is 11.4 Å². The van der Waals surface area contributed by atoms with Crippen LogP contribution in [0.25, 0.3) is 0 Å². The zero-order valence-electron chi connectivity index (χ0n) is 15.8. The molecule has 1 aliphatic heterocycles. The number of hydrogen-bond acceptors (Lipinski definition) is 6. The molecule has 0 unspecified atom stereocenters. The summed E-state index contributed by atoms with van der Waals surface area (Å²) in [5.74, 6) is 0.683. The highest BCUT2D eigenvalue weighted by atomic mass is 32.1. The van der Waals surface area contributed by atoms with Gasteiger partial charge in [0.05, 0.1) is 11.4 Å². The molecule has 0 spiro atoms. The lowest BCUT2D eigenvalue weighted by Gasteiger charge is -2.36. The summed E-state index contributed by atoms with van der Waals surface area (Å²) in [5.41, 5.74) is 0.878. The topological polar surface area (TPSA) is 72.9 Å². The SMILES string of the molecule is CN(Cc1cnc(N(C)C)nc1)C(=O)N1CCN(C(=O)c2cccs2)CC1. The van der Waals surface area contributed by atoms with E-state index in [1.54, 1.807) is 29.2 Å². The molecule has 2 aromatic rings. The number of piperazine rings is 1. The van der Waals surface area contributed by atoms with Gasteiger partial charge in [-0.2, -0.15) is 0 Å². The Morgan fingerprint density at radius 1 is 1.07 bits per heavy atom. The molecule has 1 saturated heterocycles. The minimum Gasteiger partial charge on any atom is -0.347 e. The highest BCUT2D eigenvalue weighted by molar-refractivity contribution is 7.12. The molecule has 0 saturated carbocycles. The van der Waals surface area contributed by atoms with Crippen LogP contribution in [0.5, 0.6) is 0 Å². The quantitative estimate of drug-likeness (QED) is 0.796. The number of rotatable bonds is 4. The fraction of sp³-hybridized carbons (Fsp3) is 0.444. The van der Waals surface area contributed by atoms with E-state index in [2.05, 4.69) is 9.97 Å². The number of hydrogen-bond donors (Lipinski definition) is 0. The van der Waals surface area contributed by atoms with Gasteiger partial charge in [-0.1, -0.05) is 6.07 Å². The Hall–Kier alpha value is -2.68. The van der Waals surface area contributed by atoms with Gasteiger partial charge in [-0.3, -0.25) is 4.79 Å². The van der Waals surface area contributed by atoms with Crippen molar-refractivity contribution in [1.29, 1.82) is 0 Å². The number of nitrogens with zero attached hydrogens (tertiary/aromatic N) is 6. The van der Waals surface area contributed by atoms with E-state index in [1.807, 2.05) is 41.4 Å². The maximum Gasteiger partial charge on any atom is 0.320 e. The third kappa shape index (κ3) is 4.54. The summed E-state index contributed by atoms with van der Waals surface area (Å²) >= 11 is 1.45. The van der Waals surface area contributed by atoms with Crippen LogP contribution >= 0.6 is 11.3 Å². The molecule has 27 heavy (non-hydrogen) atoms. The van der Waals surface area contributed by atoms with Crippen LogP contribution in [0.1, 0.15) is 15.2 Å². The molecule has 1 fully saturated rings. The van der Waals surface area contributed by atoms with Crippen molar-refractivity contribution < 1.29 is 9.59 Å². The van der Waals surface area contributed by atoms with Gasteiger partial charge in [0.1, 0.15) is 0 Å². The van der Waals surface area contributed by atoms with Gasteiger partial charge in [0.25, 0.3) is 5.91 Å². The van der Waals surface area contributed by atoms with Crippen LogP contribution in [0.3, 0.4) is 0 Å². The number of carbonyl (C=O) groups excluding carboxylic acids is 2. The minimum atomic E-state index is -0.0464. The second kappa shape index (κ2) is 8.34. The number of aromatic nitrogens is 2. The first-order valence-corrected chi connectivity index (χ1v) is 9.64. The molecule has 0 aliphatic carbocycles. The van der Waals surface area contributed by atoms with Gasteiger partial charge >= 0.3 is 6.03 Å². The molecule has 0 bridgehead atoms. The molecule has 9 heteroatoms.